The number of benzene rings is 1. The molecule has 1 aliphatic heterocycles. The molecule has 1 aliphatic rings. The minimum Gasteiger partial charge on any atom is -0.496 e. The molecule has 0 bridgehead atoms. The van der Waals surface area contributed by atoms with Gasteiger partial charge in [-0.3, -0.25) is 9.69 Å². The SMILES string of the molecule is CCc1ccc(OC)c(CN2CCCC2C(=O)O)c1. The Morgan fingerprint density at radius 1 is 1.53 bits per heavy atom. The Morgan fingerprint density at radius 3 is 2.95 bits per heavy atom. The average Bonchev–Trinajstić information content (AvgIpc) is 2.87. The molecular weight excluding hydrogens is 242 g/mol. The molecule has 0 saturated carbocycles. The van der Waals surface area contributed by atoms with Crippen molar-refractivity contribution in [2.24, 2.45) is 0 Å². The smallest absolute Gasteiger partial charge is 0.320 e. The first-order chi connectivity index (χ1) is 9.15. The standard InChI is InChI=1S/C15H21NO3/c1-3-11-6-7-14(19-2)12(9-11)10-16-8-4-5-13(16)15(17)18/h6-7,9,13H,3-5,8,10H2,1-2H3,(H,17,18). The van der Waals surface area contributed by atoms with Crippen molar-refractivity contribution in [3.8, 4) is 5.75 Å². The minimum atomic E-state index is -0.719. The first-order valence-electron chi connectivity index (χ1n) is 6.78. The van der Waals surface area contributed by atoms with Crippen LogP contribution in [0, 0.1) is 0 Å². The van der Waals surface area contributed by atoms with E-state index >= 15 is 0 Å². The third-order valence-electron chi connectivity index (χ3n) is 3.78. The second-order valence-electron chi connectivity index (χ2n) is 4.97. The fourth-order valence-corrected chi connectivity index (χ4v) is 2.69. The number of ether oxygens (including phenoxy) is 1. The number of hydrogen-bond acceptors (Lipinski definition) is 3. The zero-order chi connectivity index (χ0) is 13.8. The molecule has 0 amide bonds. The third kappa shape index (κ3) is 3.07. The lowest BCUT2D eigenvalue weighted by atomic mass is 10.1. The number of hydrogen-bond donors (Lipinski definition) is 1. The van der Waals surface area contributed by atoms with Gasteiger partial charge in [-0.1, -0.05) is 19.1 Å². The first-order valence-corrected chi connectivity index (χ1v) is 6.78. The van der Waals surface area contributed by atoms with Crippen LogP contribution in [-0.4, -0.2) is 35.7 Å². The zero-order valence-electron chi connectivity index (χ0n) is 11.6. The second kappa shape index (κ2) is 6.06. The molecule has 4 heteroatoms. The number of nitrogens with zero attached hydrogens (tertiary/aromatic N) is 1. The van der Waals surface area contributed by atoms with Crippen LogP contribution >= 0.6 is 0 Å². The number of likely N-dealkylation sites (tertiary alicyclic amines) is 1. The molecule has 1 fully saturated rings. The van der Waals surface area contributed by atoms with Gasteiger partial charge in [0.2, 0.25) is 0 Å². The number of aryl methyl sites for hydroxylation is 1. The van der Waals surface area contributed by atoms with E-state index in [2.05, 4.69) is 19.1 Å². The molecule has 1 heterocycles. The predicted molar refractivity (Wildman–Crippen MR) is 73.4 cm³/mol. The van der Waals surface area contributed by atoms with Gasteiger partial charge in [-0.05, 0) is 37.4 Å². The van der Waals surface area contributed by atoms with Crippen molar-refractivity contribution < 1.29 is 14.6 Å². The van der Waals surface area contributed by atoms with Crippen LogP contribution in [0.2, 0.25) is 0 Å². The zero-order valence-corrected chi connectivity index (χ0v) is 11.6. The van der Waals surface area contributed by atoms with Crippen LogP contribution in [0.15, 0.2) is 18.2 Å². The lowest BCUT2D eigenvalue weighted by Gasteiger charge is -2.22. The van der Waals surface area contributed by atoms with Gasteiger partial charge in [0, 0.05) is 12.1 Å². The molecule has 0 aliphatic carbocycles. The Labute approximate surface area is 114 Å². The third-order valence-corrected chi connectivity index (χ3v) is 3.78. The summed E-state index contributed by atoms with van der Waals surface area (Å²) in [5, 5.41) is 9.22. The highest BCUT2D eigenvalue weighted by Crippen LogP contribution is 2.26. The first kappa shape index (κ1) is 13.9. The number of carboxylic acids is 1. The van der Waals surface area contributed by atoms with Gasteiger partial charge in [0.1, 0.15) is 11.8 Å². The fraction of sp³-hybridized carbons (Fsp3) is 0.533. The Balaban J connectivity index is 2.19. The average molecular weight is 263 g/mol. The predicted octanol–water partition coefficient (Wildman–Crippen LogP) is 2.31. The fourth-order valence-electron chi connectivity index (χ4n) is 2.69. The molecule has 0 spiro atoms. The Bertz CT molecular complexity index is 459. The normalized spacial score (nSPS) is 19.6. The summed E-state index contributed by atoms with van der Waals surface area (Å²) < 4.78 is 5.38. The molecule has 1 aromatic carbocycles. The molecular formula is C15H21NO3. The van der Waals surface area contributed by atoms with E-state index in [9.17, 15) is 9.90 Å². The van der Waals surface area contributed by atoms with Gasteiger partial charge in [-0.15, -0.1) is 0 Å². The maximum absolute atomic E-state index is 11.2. The largest absolute Gasteiger partial charge is 0.496 e. The summed E-state index contributed by atoms with van der Waals surface area (Å²) in [6.45, 7) is 3.60. The van der Waals surface area contributed by atoms with E-state index in [0.717, 1.165) is 37.1 Å². The second-order valence-corrected chi connectivity index (χ2v) is 4.97. The molecule has 4 nitrogen and oxygen atoms in total. The summed E-state index contributed by atoms with van der Waals surface area (Å²) in [4.78, 5) is 13.2. The molecule has 2 rings (SSSR count). The monoisotopic (exact) mass is 263 g/mol. The van der Waals surface area contributed by atoms with E-state index in [-0.39, 0.29) is 6.04 Å². The van der Waals surface area contributed by atoms with Crippen LogP contribution in [0.4, 0.5) is 0 Å². The van der Waals surface area contributed by atoms with Gasteiger partial charge in [0.05, 0.1) is 7.11 Å². The van der Waals surface area contributed by atoms with Gasteiger partial charge in [-0.25, -0.2) is 0 Å². The molecule has 1 N–H and O–H groups in total. The van der Waals surface area contributed by atoms with Crippen molar-refractivity contribution in [2.75, 3.05) is 13.7 Å². The Morgan fingerprint density at radius 2 is 2.32 bits per heavy atom. The number of rotatable bonds is 5. The highest BCUT2D eigenvalue weighted by molar-refractivity contribution is 5.73. The van der Waals surface area contributed by atoms with Crippen LogP contribution in [0.5, 0.6) is 5.75 Å². The summed E-state index contributed by atoms with van der Waals surface area (Å²) in [5.41, 5.74) is 2.33. The van der Waals surface area contributed by atoms with E-state index in [1.807, 2.05) is 11.0 Å². The summed E-state index contributed by atoms with van der Waals surface area (Å²) in [7, 11) is 1.66. The van der Waals surface area contributed by atoms with Crippen molar-refractivity contribution in [1.29, 1.82) is 0 Å². The van der Waals surface area contributed by atoms with Gasteiger partial charge < -0.3 is 9.84 Å². The van der Waals surface area contributed by atoms with Crippen molar-refractivity contribution >= 4 is 5.97 Å². The van der Waals surface area contributed by atoms with E-state index < -0.39 is 5.97 Å². The maximum atomic E-state index is 11.2. The summed E-state index contributed by atoms with van der Waals surface area (Å²) in [6.07, 6.45) is 2.66. The van der Waals surface area contributed by atoms with E-state index in [1.165, 1.54) is 5.56 Å². The molecule has 1 unspecified atom stereocenters. The number of carboxylic acid groups (broad SMARTS) is 1. The van der Waals surface area contributed by atoms with Gasteiger partial charge in [-0.2, -0.15) is 0 Å². The summed E-state index contributed by atoms with van der Waals surface area (Å²) in [5.74, 6) is 0.122. The minimum absolute atomic E-state index is 0.352. The Hall–Kier alpha value is -1.55. The van der Waals surface area contributed by atoms with E-state index in [1.54, 1.807) is 7.11 Å². The van der Waals surface area contributed by atoms with Crippen LogP contribution in [-0.2, 0) is 17.8 Å². The lowest BCUT2D eigenvalue weighted by Crippen LogP contribution is -2.35. The molecule has 1 saturated heterocycles. The summed E-state index contributed by atoms with van der Waals surface area (Å²) in [6, 6.07) is 5.80. The van der Waals surface area contributed by atoms with E-state index in [4.69, 9.17) is 4.74 Å². The molecule has 1 atom stereocenters. The molecule has 104 valence electrons. The quantitative estimate of drug-likeness (QED) is 0.885. The highest BCUT2D eigenvalue weighted by atomic mass is 16.5. The molecule has 0 aromatic heterocycles. The Kier molecular flexibility index (Phi) is 4.43. The topological polar surface area (TPSA) is 49.8 Å². The maximum Gasteiger partial charge on any atom is 0.320 e. The van der Waals surface area contributed by atoms with Gasteiger partial charge >= 0.3 is 5.97 Å². The van der Waals surface area contributed by atoms with Gasteiger partial charge in [0.25, 0.3) is 0 Å². The highest BCUT2D eigenvalue weighted by Gasteiger charge is 2.30. The van der Waals surface area contributed by atoms with Crippen LogP contribution in [0.25, 0.3) is 0 Å². The molecule has 19 heavy (non-hydrogen) atoms. The van der Waals surface area contributed by atoms with Crippen molar-refractivity contribution in [3.05, 3.63) is 29.3 Å². The van der Waals surface area contributed by atoms with E-state index in [0.29, 0.717) is 6.54 Å². The van der Waals surface area contributed by atoms with Crippen LogP contribution in [0.3, 0.4) is 0 Å². The van der Waals surface area contributed by atoms with Crippen molar-refractivity contribution in [1.82, 2.24) is 4.90 Å². The molecule has 0 radical (unpaired) electrons. The summed E-state index contributed by atoms with van der Waals surface area (Å²) >= 11 is 0. The number of methoxy groups -OCH3 is 1. The molecule has 1 aromatic rings. The number of carbonyl (C=O) groups is 1. The van der Waals surface area contributed by atoms with Crippen LogP contribution < -0.4 is 4.74 Å². The van der Waals surface area contributed by atoms with Crippen LogP contribution in [0.1, 0.15) is 30.9 Å². The number of aliphatic carboxylic acids is 1. The lowest BCUT2D eigenvalue weighted by molar-refractivity contribution is -0.142. The van der Waals surface area contributed by atoms with Crippen molar-refractivity contribution in [2.45, 2.75) is 38.8 Å². The van der Waals surface area contributed by atoms with Crippen molar-refractivity contribution in [3.63, 3.8) is 0 Å². The van der Waals surface area contributed by atoms with Gasteiger partial charge in [0.15, 0.2) is 0 Å².